The maximum atomic E-state index is 11.5. The average Bonchev–Trinajstić information content (AvgIpc) is 2.72. The number of nitrogens with zero attached hydrogens (tertiary/aromatic N) is 2. The van der Waals surface area contributed by atoms with E-state index in [1.807, 2.05) is 0 Å². The smallest absolute Gasteiger partial charge is 0.245 e. The van der Waals surface area contributed by atoms with Gasteiger partial charge in [-0.2, -0.15) is 4.98 Å². The van der Waals surface area contributed by atoms with Crippen molar-refractivity contribution in [3.8, 4) is 0 Å². The Hall–Kier alpha value is -2.13. The largest absolute Gasteiger partial charge is 0.399 e. The molecule has 1 aromatic heterocycles. The summed E-state index contributed by atoms with van der Waals surface area (Å²) in [5.41, 5.74) is 6.18. The molecule has 0 aliphatic rings. The number of anilines is 2. The second-order valence-corrected chi connectivity index (χ2v) is 5.42. The lowest BCUT2D eigenvalue weighted by molar-refractivity contribution is 0.379. The van der Waals surface area contributed by atoms with Gasteiger partial charge < -0.3 is 15.6 Å². The highest BCUT2D eigenvalue weighted by molar-refractivity contribution is 7.89. The topological polar surface area (TPSA) is 137 Å². The maximum Gasteiger partial charge on any atom is 0.245 e. The summed E-state index contributed by atoms with van der Waals surface area (Å²) in [5.74, 6) is 0.843. The first-order chi connectivity index (χ1) is 8.86. The van der Waals surface area contributed by atoms with Crippen LogP contribution in [-0.2, 0) is 16.6 Å². The van der Waals surface area contributed by atoms with Crippen molar-refractivity contribution in [1.29, 1.82) is 0 Å². The normalized spacial score (nSPS) is 11.5. The Morgan fingerprint density at radius 1 is 1.42 bits per heavy atom. The Labute approximate surface area is 109 Å². The van der Waals surface area contributed by atoms with Crippen LogP contribution in [0.25, 0.3) is 0 Å². The van der Waals surface area contributed by atoms with Gasteiger partial charge in [0.15, 0.2) is 5.82 Å². The zero-order valence-electron chi connectivity index (χ0n) is 10.1. The van der Waals surface area contributed by atoms with E-state index in [1.54, 1.807) is 13.0 Å². The first-order valence-electron chi connectivity index (χ1n) is 5.31. The number of primary sulfonamides is 1. The molecule has 0 aliphatic heterocycles. The lowest BCUT2D eigenvalue weighted by Gasteiger charge is -2.09. The summed E-state index contributed by atoms with van der Waals surface area (Å²) in [6, 6.07) is 4.38. The minimum Gasteiger partial charge on any atom is -0.399 e. The van der Waals surface area contributed by atoms with Crippen LogP contribution in [0.2, 0.25) is 0 Å². The van der Waals surface area contributed by atoms with Gasteiger partial charge in [-0.3, -0.25) is 0 Å². The van der Waals surface area contributed by atoms with Crippen molar-refractivity contribution >= 4 is 21.4 Å². The van der Waals surface area contributed by atoms with Crippen molar-refractivity contribution in [2.75, 3.05) is 11.1 Å². The van der Waals surface area contributed by atoms with Crippen LogP contribution in [0.4, 0.5) is 11.4 Å². The summed E-state index contributed by atoms with van der Waals surface area (Å²) in [6.45, 7) is 1.87. The molecule has 0 saturated carbocycles. The molecule has 9 heteroatoms. The van der Waals surface area contributed by atoms with Gasteiger partial charge in [0, 0.05) is 5.69 Å². The minimum atomic E-state index is -3.86. The second-order valence-electron chi connectivity index (χ2n) is 3.89. The third-order valence-corrected chi connectivity index (χ3v) is 3.26. The van der Waals surface area contributed by atoms with E-state index in [1.165, 1.54) is 12.1 Å². The number of hydrogen-bond acceptors (Lipinski definition) is 7. The summed E-state index contributed by atoms with van der Waals surface area (Å²) in [4.78, 5) is 3.91. The number of benzene rings is 1. The summed E-state index contributed by atoms with van der Waals surface area (Å²) >= 11 is 0. The van der Waals surface area contributed by atoms with Gasteiger partial charge in [0.2, 0.25) is 15.9 Å². The van der Waals surface area contributed by atoms with Gasteiger partial charge in [-0.05, 0) is 25.1 Å². The number of rotatable bonds is 4. The van der Waals surface area contributed by atoms with E-state index in [0.717, 1.165) is 0 Å². The van der Waals surface area contributed by atoms with E-state index in [0.29, 0.717) is 23.1 Å². The molecule has 0 unspecified atom stereocenters. The Kier molecular flexibility index (Phi) is 3.40. The van der Waals surface area contributed by atoms with E-state index in [2.05, 4.69) is 15.5 Å². The fraction of sp³-hybridized carbons (Fsp3) is 0.200. The van der Waals surface area contributed by atoms with Crippen molar-refractivity contribution < 1.29 is 12.9 Å². The first kappa shape index (κ1) is 13.3. The van der Waals surface area contributed by atoms with Gasteiger partial charge in [-0.25, -0.2) is 13.6 Å². The van der Waals surface area contributed by atoms with Crippen LogP contribution in [0.5, 0.6) is 0 Å². The monoisotopic (exact) mass is 283 g/mol. The molecule has 0 saturated heterocycles. The third-order valence-electron chi connectivity index (χ3n) is 2.31. The van der Waals surface area contributed by atoms with Crippen molar-refractivity contribution in [2.24, 2.45) is 5.14 Å². The fourth-order valence-corrected chi connectivity index (χ4v) is 2.25. The number of nitrogen functional groups attached to an aromatic ring is 1. The predicted octanol–water partition coefficient (Wildman–Crippen LogP) is 0.220. The van der Waals surface area contributed by atoms with Gasteiger partial charge in [-0.15, -0.1) is 0 Å². The molecule has 102 valence electrons. The molecule has 0 bridgehead atoms. The van der Waals surface area contributed by atoms with E-state index in [-0.39, 0.29) is 11.4 Å². The van der Waals surface area contributed by atoms with Crippen LogP contribution in [0, 0.1) is 6.92 Å². The zero-order chi connectivity index (χ0) is 14.0. The van der Waals surface area contributed by atoms with Crippen molar-refractivity contribution in [3.63, 3.8) is 0 Å². The number of sulfonamides is 1. The number of aromatic nitrogens is 2. The van der Waals surface area contributed by atoms with Crippen molar-refractivity contribution in [1.82, 2.24) is 10.1 Å². The van der Waals surface area contributed by atoms with Gasteiger partial charge in [0.05, 0.1) is 12.2 Å². The molecule has 0 fully saturated rings. The first-order valence-corrected chi connectivity index (χ1v) is 6.86. The Bertz CT molecular complexity index is 695. The number of nitrogens with one attached hydrogen (secondary N) is 1. The van der Waals surface area contributed by atoms with Crippen molar-refractivity contribution in [2.45, 2.75) is 18.4 Å². The molecule has 0 spiro atoms. The molecule has 1 aromatic carbocycles. The van der Waals surface area contributed by atoms with Crippen LogP contribution in [0.15, 0.2) is 27.6 Å². The molecular weight excluding hydrogens is 270 g/mol. The summed E-state index contributed by atoms with van der Waals surface area (Å²) in [7, 11) is -3.86. The summed E-state index contributed by atoms with van der Waals surface area (Å²) < 4.78 is 27.8. The van der Waals surface area contributed by atoms with Crippen LogP contribution in [-0.4, -0.2) is 18.6 Å². The molecule has 0 aliphatic carbocycles. The van der Waals surface area contributed by atoms with E-state index < -0.39 is 10.0 Å². The Morgan fingerprint density at radius 2 is 2.16 bits per heavy atom. The molecule has 2 rings (SSSR count). The van der Waals surface area contributed by atoms with Crippen LogP contribution in [0.3, 0.4) is 0 Å². The Morgan fingerprint density at radius 3 is 2.74 bits per heavy atom. The molecule has 2 aromatic rings. The zero-order valence-corrected chi connectivity index (χ0v) is 10.9. The van der Waals surface area contributed by atoms with E-state index in [4.69, 9.17) is 15.4 Å². The molecular formula is C10H13N5O3S. The lowest BCUT2D eigenvalue weighted by Crippen LogP contribution is -2.15. The summed E-state index contributed by atoms with van der Waals surface area (Å²) in [6.07, 6.45) is 0. The molecule has 0 radical (unpaired) electrons. The molecule has 19 heavy (non-hydrogen) atoms. The average molecular weight is 283 g/mol. The Balaban J connectivity index is 2.25. The van der Waals surface area contributed by atoms with Crippen LogP contribution < -0.4 is 16.2 Å². The molecule has 0 atom stereocenters. The predicted molar refractivity (Wildman–Crippen MR) is 68.6 cm³/mol. The van der Waals surface area contributed by atoms with Gasteiger partial charge >= 0.3 is 0 Å². The number of nitrogens with two attached hydrogens (primary N) is 2. The third kappa shape index (κ3) is 3.20. The second kappa shape index (κ2) is 4.86. The standard InChI is InChI=1S/C10H13N5O3S/c1-6-14-10(18-15-6)5-13-8-3-2-7(11)4-9(8)19(12,16)17/h2-4,13H,5,11H2,1H3,(H2,12,16,17). The number of aryl methyl sites for hydroxylation is 1. The highest BCUT2D eigenvalue weighted by Gasteiger charge is 2.15. The fourth-order valence-electron chi connectivity index (χ4n) is 1.50. The lowest BCUT2D eigenvalue weighted by atomic mass is 10.3. The molecule has 8 nitrogen and oxygen atoms in total. The maximum absolute atomic E-state index is 11.5. The molecule has 0 amide bonds. The quantitative estimate of drug-likeness (QED) is 0.682. The van der Waals surface area contributed by atoms with Gasteiger partial charge in [-0.1, -0.05) is 5.16 Å². The number of hydrogen-bond donors (Lipinski definition) is 3. The van der Waals surface area contributed by atoms with Crippen LogP contribution in [0.1, 0.15) is 11.7 Å². The van der Waals surface area contributed by atoms with E-state index >= 15 is 0 Å². The molecule has 1 heterocycles. The molecule has 5 N–H and O–H groups in total. The van der Waals surface area contributed by atoms with E-state index in [9.17, 15) is 8.42 Å². The van der Waals surface area contributed by atoms with Crippen molar-refractivity contribution in [3.05, 3.63) is 29.9 Å². The summed E-state index contributed by atoms with van der Waals surface area (Å²) in [5, 5.41) is 11.6. The SMILES string of the molecule is Cc1noc(CNc2ccc(N)cc2S(N)(=O)=O)n1. The van der Waals surface area contributed by atoms with Gasteiger partial charge in [0.1, 0.15) is 4.90 Å². The highest BCUT2D eigenvalue weighted by Crippen LogP contribution is 2.23. The van der Waals surface area contributed by atoms with Gasteiger partial charge in [0.25, 0.3) is 0 Å². The highest BCUT2D eigenvalue weighted by atomic mass is 32.2. The van der Waals surface area contributed by atoms with Crippen LogP contribution >= 0.6 is 0 Å². The minimum absolute atomic E-state index is 0.0799.